The van der Waals surface area contributed by atoms with E-state index in [1.165, 1.54) is 13.3 Å². The van der Waals surface area contributed by atoms with Crippen LogP contribution >= 0.6 is 0 Å². The molecule has 12 heteroatoms. The number of aromatic nitrogens is 3. The lowest BCUT2D eigenvalue weighted by molar-refractivity contribution is -0.337. The van der Waals surface area contributed by atoms with Crippen molar-refractivity contribution in [2.45, 2.75) is 57.3 Å². The van der Waals surface area contributed by atoms with Crippen LogP contribution in [0.4, 0.5) is 18.9 Å². The molecule has 1 aliphatic heterocycles. The molecule has 6 rings (SSSR count). The first-order valence-electron chi connectivity index (χ1n) is 11.9. The molecule has 4 fully saturated rings. The largest absolute Gasteiger partial charge is 0.480 e. The number of nitrogens with zero attached hydrogens (tertiary/aromatic N) is 4. The van der Waals surface area contributed by atoms with Gasteiger partial charge in [0.05, 0.1) is 18.7 Å². The molecule has 190 valence electrons. The highest BCUT2D eigenvalue weighted by atomic mass is 19.4. The first-order valence-corrected chi connectivity index (χ1v) is 11.9. The Morgan fingerprint density at radius 1 is 1.26 bits per heavy atom. The quantitative estimate of drug-likeness (QED) is 0.605. The standard InChI is InChI=1S/C23H29F3N6O3/c1-3-4-14-18(31-7-5-27-6-8-31)19(34)17-20(28-9-16(29-17)35-2)32(14)10-15(33)30-22-11-21(12-22,13-22)23(24,25)26/h9,27H,3-8,10-13H2,1-2H3,(H,30,33). The average Bonchev–Trinajstić information content (AvgIpc) is 2.77. The second-order valence-electron chi connectivity index (χ2n) is 9.92. The predicted molar refractivity (Wildman–Crippen MR) is 123 cm³/mol. The van der Waals surface area contributed by atoms with E-state index >= 15 is 0 Å². The topological polar surface area (TPSA) is 101 Å². The maximum atomic E-state index is 13.6. The third kappa shape index (κ3) is 3.82. The van der Waals surface area contributed by atoms with Gasteiger partial charge in [0.25, 0.3) is 0 Å². The number of carbonyl (C=O) groups excluding carboxylic acids is 1. The molecule has 3 heterocycles. The van der Waals surface area contributed by atoms with Crippen molar-refractivity contribution in [2.75, 3.05) is 38.2 Å². The van der Waals surface area contributed by atoms with E-state index in [1.54, 1.807) is 4.57 Å². The summed E-state index contributed by atoms with van der Waals surface area (Å²) in [5.41, 5.74) is -1.15. The summed E-state index contributed by atoms with van der Waals surface area (Å²) in [6.45, 7) is 4.52. The summed E-state index contributed by atoms with van der Waals surface area (Å²) in [6.07, 6.45) is -1.82. The van der Waals surface area contributed by atoms with Gasteiger partial charge in [-0.05, 0) is 25.7 Å². The molecule has 2 aromatic rings. The van der Waals surface area contributed by atoms with Crippen molar-refractivity contribution in [1.82, 2.24) is 25.2 Å². The fourth-order valence-corrected chi connectivity index (χ4v) is 5.89. The van der Waals surface area contributed by atoms with Crippen molar-refractivity contribution in [1.29, 1.82) is 0 Å². The smallest absolute Gasteiger partial charge is 0.394 e. The average molecular weight is 495 g/mol. The Balaban J connectivity index is 1.52. The number of amides is 1. The van der Waals surface area contributed by atoms with Crippen molar-refractivity contribution in [3.05, 3.63) is 22.1 Å². The van der Waals surface area contributed by atoms with E-state index in [0.717, 1.165) is 19.5 Å². The highest BCUT2D eigenvalue weighted by Gasteiger charge is 2.78. The number of pyridine rings is 1. The molecule has 3 saturated carbocycles. The number of alkyl halides is 3. The van der Waals surface area contributed by atoms with Crippen LogP contribution in [0.15, 0.2) is 11.0 Å². The minimum Gasteiger partial charge on any atom is -0.480 e. The molecular weight excluding hydrogens is 465 g/mol. The maximum absolute atomic E-state index is 13.6. The monoisotopic (exact) mass is 494 g/mol. The van der Waals surface area contributed by atoms with Crippen LogP contribution in [0.5, 0.6) is 5.88 Å². The molecule has 2 bridgehead atoms. The van der Waals surface area contributed by atoms with Crippen LogP contribution in [0.1, 0.15) is 38.3 Å². The molecule has 0 unspecified atom stereocenters. The van der Waals surface area contributed by atoms with E-state index in [4.69, 9.17) is 4.74 Å². The van der Waals surface area contributed by atoms with Gasteiger partial charge in [-0.3, -0.25) is 9.59 Å². The summed E-state index contributed by atoms with van der Waals surface area (Å²) in [6, 6.07) is 0. The van der Waals surface area contributed by atoms with Crippen LogP contribution in [0.2, 0.25) is 0 Å². The zero-order valence-corrected chi connectivity index (χ0v) is 19.8. The summed E-state index contributed by atoms with van der Waals surface area (Å²) in [4.78, 5) is 37.5. The first kappa shape index (κ1) is 23.8. The van der Waals surface area contributed by atoms with Crippen molar-refractivity contribution in [2.24, 2.45) is 5.41 Å². The van der Waals surface area contributed by atoms with Gasteiger partial charge in [0, 0.05) is 37.4 Å². The summed E-state index contributed by atoms with van der Waals surface area (Å²) < 4.78 is 46.6. The molecule has 4 aliphatic rings. The number of hydrogen-bond donors (Lipinski definition) is 2. The van der Waals surface area contributed by atoms with Crippen LogP contribution in [0, 0.1) is 5.41 Å². The zero-order valence-electron chi connectivity index (χ0n) is 19.8. The molecule has 1 saturated heterocycles. The van der Waals surface area contributed by atoms with Gasteiger partial charge < -0.3 is 24.8 Å². The SMILES string of the molecule is CCCc1c(N2CCNCC2)c(=O)c2nc(OC)cnc2n1CC(=O)NC12CC(C(F)(F)F)(C1)C2. The number of nitrogens with one attached hydrogen (secondary N) is 2. The lowest BCUT2D eigenvalue weighted by Crippen LogP contribution is -2.78. The van der Waals surface area contributed by atoms with Gasteiger partial charge in [0.15, 0.2) is 11.2 Å². The number of halogens is 3. The van der Waals surface area contributed by atoms with Crippen molar-refractivity contribution in [3.8, 4) is 5.88 Å². The van der Waals surface area contributed by atoms with Gasteiger partial charge in [-0.25, -0.2) is 9.97 Å². The van der Waals surface area contributed by atoms with E-state index in [2.05, 4.69) is 20.6 Å². The molecule has 3 aliphatic carbocycles. The summed E-state index contributed by atoms with van der Waals surface area (Å²) in [7, 11) is 1.43. The fourth-order valence-electron chi connectivity index (χ4n) is 5.89. The zero-order chi connectivity index (χ0) is 25.0. The molecule has 0 atom stereocenters. The Bertz CT molecular complexity index is 1200. The number of methoxy groups -OCH3 is 1. The van der Waals surface area contributed by atoms with Gasteiger partial charge in [0.2, 0.25) is 17.2 Å². The summed E-state index contributed by atoms with van der Waals surface area (Å²) in [5.74, 6) is -0.210. The van der Waals surface area contributed by atoms with E-state index < -0.39 is 23.0 Å². The number of fused-ring (bicyclic) bond motifs is 1. The van der Waals surface area contributed by atoms with Crippen molar-refractivity contribution in [3.63, 3.8) is 0 Å². The second-order valence-corrected chi connectivity index (χ2v) is 9.92. The predicted octanol–water partition coefficient (Wildman–Crippen LogP) is 1.76. The number of ether oxygens (including phenoxy) is 1. The minimum atomic E-state index is -4.24. The lowest BCUT2D eigenvalue weighted by atomic mass is 9.39. The van der Waals surface area contributed by atoms with Crippen LogP contribution < -0.4 is 25.7 Å². The van der Waals surface area contributed by atoms with Gasteiger partial charge in [-0.1, -0.05) is 13.3 Å². The second kappa shape index (κ2) is 8.35. The Kier molecular flexibility index (Phi) is 5.69. The molecule has 0 radical (unpaired) electrons. The summed E-state index contributed by atoms with van der Waals surface area (Å²) >= 11 is 0. The van der Waals surface area contributed by atoms with Crippen molar-refractivity contribution >= 4 is 22.8 Å². The lowest BCUT2D eigenvalue weighted by Gasteiger charge is -2.70. The van der Waals surface area contributed by atoms with Crippen LogP contribution in [0.25, 0.3) is 11.2 Å². The van der Waals surface area contributed by atoms with Crippen LogP contribution in [-0.2, 0) is 17.8 Å². The molecule has 2 N–H and O–H groups in total. The molecule has 9 nitrogen and oxygen atoms in total. The van der Waals surface area contributed by atoms with Gasteiger partial charge >= 0.3 is 6.18 Å². The highest BCUT2D eigenvalue weighted by molar-refractivity contribution is 5.82. The number of carbonyl (C=O) groups is 1. The fraction of sp³-hybridized carbons (Fsp3) is 0.652. The molecule has 0 spiro atoms. The third-order valence-corrected chi connectivity index (χ3v) is 7.48. The van der Waals surface area contributed by atoms with Crippen molar-refractivity contribution < 1.29 is 22.7 Å². The van der Waals surface area contributed by atoms with E-state index in [9.17, 15) is 22.8 Å². The Labute approximate surface area is 200 Å². The highest BCUT2D eigenvalue weighted by Crippen LogP contribution is 2.73. The Morgan fingerprint density at radius 2 is 1.94 bits per heavy atom. The molecule has 0 aromatic carbocycles. The molecule has 1 amide bonds. The number of anilines is 1. The third-order valence-electron chi connectivity index (χ3n) is 7.48. The van der Waals surface area contributed by atoms with Crippen LogP contribution in [-0.4, -0.2) is 65.4 Å². The van der Waals surface area contributed by atoms with Gasteiger partial charge in [0.1, 0.15) is 12.2 Å². The minimum absolute atomic E-state index is 0.0784. The van der Waals surface area contributed by atoms with E-state index in [1.807, 2.05) is 11.8 Å². The molecular formula is C23H29F3N6O3. The van der Waals surface area contributed by atoms with Gasteiger partial charge in [-0.15, -0.1) is 0 Å². The normalized spacial score (nSPS) is 25.7. The number of piperazine rings is 1. The molecule has 2 aromatic heterocycles. The van der Waals surface area contributed by atoms with E-state index in [0.29, 0.717) is 30.9 Å². The summed E-state index contributed by atoms with van der Waals surface area (Å²) in [5, 5.41) is 6.11. The van der Waals surface area contributed by atoms with Crippen LogP contribution in [0.3, 0.4) is 0 Å². The number of hydrogen-bond acceptors (Lipinski definition) is 7. The Morgan fingerprint density at radius 3 is 2.54 bits per heavy atom. The van der Waals surface area contributed by atoms with Gasteiger partial charge in [-0.2, -0.15) is 13.2 Å². The maximum Gasteiger partial charge on any atom is 0.394 e. The first-order chi connectivity index (χ1) is 16.6. The molecule has 35 heavy (non-hydrogen) atoms. The van der Waals surface area contributed by atoms with E-state index in [-0.39, 0.29) is 48.3 Å². The Hall–Kier alpha value is -2.89. The number of rotatable bonds is 7.